The molecule has 1 N–H and O–H groups in total. The summed E-state index contributed by atoms with van der Waals surface area (Å²) < 4.78 is 13.3. The number of para-hydroxylation sites is 2. The standard InChI is InChI=1S/C24H25N3O3/c1-29-17-11-12-22(30-2)18(14-17)24-21-8-5-13-26(21)19-6-3-4-7-20(19)27(24)23(28)15-25-16-9-10-16/h3-8,11-14,16,24-25H,9-10,15H2,1-2H3. The molecule has 0 spiro atoms. The summed E-state index contributed by atoms with van der Waals surface area (Å²) in [5.74, 6) is 1.49. The van der Waals surface area contributed by atoms with E-state index in [9.17, 15) is 4.79 Å². The number of anilines is 1. The summed E-state index contributed by atoms with van der Waals surface area (Å²) >= 11 is 0. The highest BCUT2D eigenvalue weighted by atomic mass is 16.5. The number of carbonyl (C=O) groups is 1. The Morgan fingerprint density at radius 3 is 2.57 bits per heavy atom. The van der Waals surface area contributed by atoms with E-state index in [1.807, 2.05) is 59.6 Å². The molecule has 6 nitrogen and oxygen atoms in total. The van der Waals surface area contributed by atoms with Crippen molar-refractivity contribution in [2.75, 3.05) is 25.7 Å². The number of amides is 1. The van der Waals surface area contributed by atoms with Gasteiger partial charge in [0.25, 0.3) is 0 Å². The van der Waals surface area contributed by atoms with Crippen LogP contribution in [0.2, 0.25) is 0 Å². The smallest absolute Gasteiger partial charge is 0.241 e. The second-order valence-corrected chi connectivity index (χ2v) is 7.72. The molecule has 1 unspecified atom stereocenters. The molecular weight excluding hydrogens is 378 g/mol. The first kappa shape index (κ1) is 18.8. The van der Waals surface area contributed by atoms with Gasteiger partial charge in [-0.3, -0.25) is 9.69 Å². The second-order valence-electron chi connectivity index (χ2n) is 7.72. The number of nitrogens with one attached hydrogen (secondary N) is 1. The SMILES string of the molecule is COc1ccc(OC)c(C2c3cccn3-c3ccccc3N2C(=O)CNC2CC2)c1. The molecule has 2 heterocycles. The number of hydrogen-bond acceptors (Lipinski definition) is 4. The molecule has 1 fully saturated rings. The molecule has 3 aromatic rings. The lowest BCUT2D eigenvalue weighted by molar-refractivity contribution is -0.118. The van der Waals surface area contributed by atoms with Crippen LogP contribution in [-0.4, -0.2) is 37.3 Å². The molecule has 154 valence electrons. The number of hydrogen-bond donors (Lipinski definition) is 1. The van der Waals surface area contributed by atoms with Gasteiger partial charge in [0.1, 0.15) is 17.5 Å². The molecule has 0 bridgehead atoms. The minimum Gasteiger partial charge on any atom is -0.497 e. The van der Waals surface area contributed by atoms with Crippen molar-refractivity contribution in [2.45, 2.75) is 24.9 Å². The maximum Gasteiger partial charge on any atom is 0.241 e. The molecule has 2 aromatic carbocycles. The third-order valence-corrected chi connectivity index (χ3v) is 5.84. The van der Waals surface area contributed by atoms with Crippen LogP contribution in [0, 0.1) is 0 Å². The maximum atomic E-state index is 13.5. The summed E-state index contributed by atoms with van der Waals surface area (Å²) in [6.45, 7) is 0.308. The monoisotopic (exact) mass is 403 g/mol. The van der Waals surface area contributed by atoms with E-state index in [0.29, 0.717) is 12.6 Å². The average molecular weight is 403 g/mol. The minimum atomic E-state index is -0.326. The molecular formula is C24H25N3O3. The van der Waals surface area contributed by atoms with E-state index >= 15 is 0 Å². The first-order valence-electron chi connectivity index (χ1n) is 10.3. The number of nitrogens with zero attached hydrogens (tertiary/aromatic N) is 2. The van der Waals surface area contributed by atoms with E-state index < -0.39 is 0 Å². The van der Waals surface area contributed by atoms with Gasteiger partial charge in [-0.25, -0.2) is 0 Å². The number of methoxy groups -OCH3 is 2. The lowest BCUT2D eigenvalue weighted by Crippen LogP contribution is -2.44. The van der Waals surface area contributed by atoms with Gasteiger partial charge in [-0.15, -0.1) is 0 Å². The quantitative estimate of drug-likeness (QED) is 0.682. The highest BCUT2D eigenvalue weighted by Crippen LogP contribution is 2.45. The Morgan fingerprint density at radius 2 is 1.83 bits per heavy atom. The van der Waals surface area contributed by atoms with Crippen molar-refractivity contribution in [3.05, 3.63) is 72.1 Å². The van der Waals surface area contributed by atoms with Crippen molar-refractivity contribution >= 4 is 11.6 Å². The van der Waals surface area contributed by atoms with E-state index in [1.165, 1.54) is 0 Å². The maximum absolute atomic E-state index is 13.5. The van der Waals surface area contributed by atoms with E-state index in [4.69, 9.17) is 9.47 Å². The van der Waals surface area contributed by atoms with Crippen molar-refractivity contribution in [2.24, 2.45) is 0 Å². The molecule has 1 aromatic heterocycles. The Morgan fingerprint density at radius 1 is 1.03 bits per heavy atom. The van der Waals surface area contributed by atoms with Crippen LogP contribution in [0.4, 0.5) is 5.69 Å². The fourth-order valence-electron chi connectivity index (χ4n) is 4.21. The molecule has 1 amide bonds. The lowest BCUT2D eigenvalue weighted by atomic mass is 9.96. The average Bonchev–Trinajstić information content (AvgIpc) is 3.49. The lowest BCUT2D eigenvalue weighted by Gasteiger charge is -2.39. The number of ether oxygens (including phenoxy) is 2. The van der Waals surface area contributed by atoms with Crippen LogP contribution in [0.3, 0.4) is 0 Å². The predicted molar refractivity (Wildman–Crippen MR) is 116 cm³/mol. The van der Waals surface area contributed by atoms with Gasteiger partial charge < -0.3 is 19.4 Å². The summed E-state index contributed by atoms with van der Waals surface area (Å²) in [4.78, 5) is 15.4. The molecule has 0 radical (unpaired) electrons. The first-order chi connectivity index (χ1) is 14.7. The van der Waals surface area contributed by atoms with Gasteiger partial charge >= 0.3 is 0 Å². The number of aromatic nitrogens is 1. The van der Waals surface area contributed by atoms with Gasteiger partial charge in [0.15, 0.2) is 0 Å². The molecule has 6 heteroatoms. The van der Waals surface area contributed by atoms with Crippen LogP contribution in [0.5, 0.6) is 11.5 Å². The van der Waals surface area contributed by atoms with Gasteiger partial charge in [0, 0.05) is 17.8 Å². The molecule has 2 aliphatic rings. The number of carbonyl (C=O) groups excluding carboxylic acids is 1. The number of fused-ring (bicyclic) bond motifs is 3. The fraction of sp³-hybridized carbons (Fsp3) is 0.292. The molecule has 1 saturated carbocycles. The summed E-state index contributed by atoms with van der Waals surface area (Å²) in [5.41, 5.74) is 3.79. The van der Waals surface area contributed by atoms with Crippen molar-refractivity contribution in [3.63, 3.8) is 0 Å². The Bertz CT molecular complexity index is 1090. The Kier molecular flexibility index (Phi) is 4.71. The molecule has 0 saturated heterocycles. The zero-order valence-electron chi connectivity index (χ0n) is 17.2. The van der Waals surface area contributed by atoms with Crippen molar-refractivity contribution < 1.29 is 14.3 Å². The third kappa shape index (κ3) is 3.13. The van der Waals surface area contributed by atoms with Crippen LogP contribution in [0.15, 0.2) is 60.8 Å². The normalized spacial score (nSPS) is 17.3. The Balaban J connectivity index is 1.68. The van der Waals surface area contributed by atoms with Gasteiger partial charge in [0.05, 0.1) is 37.8 Å². The molecule has 5 rings (SSSR count). The highest BCUT2D eigenvalue weighted by molar-refractivity contribution is 5.99. The molecule has 1 atom stereocenters. The number of benzene rings is 2. The van der Waals surface area contributed by atoms with E-state index in [-0.39, 0.29) is 11.9 Å². The van der Waals surface area contributed by atoms with Gasteiger partial charge in [-0.2, -0.15) is 0 Å². The van der Waals surface area contributed by atoms with Crippen LogP contribution in [0.1, 0.15) is 30.1 Å². The van der Waals surface area contributed by atoms with Crippen LogP contribution in [-0.2, 0) is 4.79 Å². The minimum absolute atomic E-state index is 0.0386. The van der Waals surface area contributed by atoms with Gasteiger partial charge in [0.2, 0.25) is 5.91 Å². The zero-order chi connectivity index (χ0) is 20.7. The zero-order valence-corrected chi connectivity index (χ0v) is 17.2. The van der Waals surface area contributed by atoms with Crippen LogP contribution >= 0.6 is 0 Å². The van der Waals surface area contributed by atoms with E-state index in [1.54, 1.807) is 14.2 Å². The summed E-state index contributed by atoms with van der Waals surface area (Å²) in [6.07, 6.45) is 4.32. The Hall–Kier alpha value is -3.25. The number of rotatable bonds is 6. The van der Waals surface area contributed by atoms with Gasteiger partial charge in [-0.1, -0.05) is 12.1 Å². The first-order valence-corrected chi connectivity index (χ1v) is 10.3. The van der Waals surface area contributed by atoms with Crippen LogP contribution < -0.4 is 19.7 Å². The van der Waals surface area contributed by atoms with Gasteiger partial charge in [-0.05, 0) is 55.3 Å². The fourth-order valence-corrected chi connectivity index (χ4v) is 4.21. The topological polar surface area (TPSA) is 55.7 Å². The second kappa shape index (κ2) is 7.54. The van der Waals surface area contributed by atoms with Crippen LogP contribution in [0.25, 0.3) is 5.69 Å². The van der Waals surface area contributed by atoms with E-state index in [2.05, 4.69) is 16.0 Å². The molecule has 1 aliphatic heterocycles. The summed E-state index contributed by atoms with van der Waals surface area (Å²) in [5, 5.41) is 3.37. The molecule has 30 heavy (non-hydrogen) atoms. The highest BCUT2D eigenvalue weighted by Gasteiger charge is 2.38. The summed E-state index contributed by atoms with van der Waals surface area (Å²) in [7, 11) is 3.30. The van der Waals surface area contributed by atoms with Crippen molar-refractivity contribution in [1.29, 1.82) is 0 Å². The van der Waals surface area contributed by atoms with Crippen molar-refractivity contribution in [3.8, 4) is 17.2 Å². The third-order valence-electron chi connectivity index (χ3n) is 5.84. The largest absolute Gasteiger partial charge is 0.497 e. The summed E-state index contributed by atoms with van der Waals surface area (Å²) in [6, 6.07) is 18.0. The predicted octanol–water partition coefficient (Wildman–Crippen LogP) is 3.68. The van der Waals surface area contributed by atoms with E-state index in [0.717, 1.165) is 47.0 Å². The molecule has 1 aliphatic carbocycles. The van der Waals surface area contributed by atoms with Crippen molar-refractivity contribution in [1.82, 2.24) is 9.88 Å². The Labute approximate surface area is 176 Å².